The van der Waals surface area contributed by atoms with Crippen LogP contribution in [0.5, 0.6) is 69.0 Å². The molecule has 8 amide bonds. The van der Waals surface area contributed by atoms with Crippen LogP contribution in [-0.2, 0) is 44.9 Å². The molecule has 0 spiro atoms. The molecule has 7 aromatic carbocycles. The summed E-state index contributed by atoms with van der Waals surface area (Å²) in [7, 11) is 3.63. The van der Waals surface area contributed by atoms with E-state index in [4.69, 9.17) is 48.9 Å². The maximum absolute atomic E-state index is 16.5. The van der Waals surface area contributed by atoms with Crippen molar-refractivity contribution in [1.82, 2.24) is 52.8 Å². The van der Waals surface area contributed by atoms with E-state index in [2.05, 4.69) is 54.8 Å². The predicted molar refractivity (Wildman–Crippen MR) is 419 cm³/mol. The Hall–Kier alpha value is -11.2. The topological polar surface area (TPSA) is 490 Å². The molecule has 21 N–H and O–H groups in total. The SMILES string of the molecule is CCCCCCCCCCCNCc1c(O)cc2c(c1O)-c1c(O)cccc1C1NC(=O)C3NC(=O)C4NC(=O)C(NC(=O)C(NC(=O)C(N)CCCCN)c5ccc(O)c(c5)Oc5cc(O)cc4c5)C(O)c4ccc(c(Cl)c4)Oc4cc3cc(c4O)Oc3ccc(cc3Cl)C(O)C(NC1=O)C(=O)NC2C(=O)NCCCN(C)C. The van der Waals surface area contributed by atoms with Crippen molar-refractivity contribution in [3.05, 3.63) is 164 Å². The minimum absolute atomic E-state index is 0.00384. The number of unbranched alkanes of at least 4 members (excludes halogenated alkanes) is 9. The van der Waals surface area contributed by atoms with Gasteiger partial charge in [0.1, 0.15) is 94.7 Å². The van der Waals surface area contributed by atoms with Crippen LogP contribution >= 0.6 is 23.2 Å². The first-order valence-corrected chi connectivity index (χ1v) is 38.5. The molecule has 0 aliphatic carbocycles. The minimum Gasteiger partial charge on any atom is -0.508 e. The van der Waals surface area contributed by atoms with E-state index < -0.39 is 182 Å². The normalized spacial score (nSPS) is 20.4. The molecule has 15 bridgehead atoms. The van der Waals surface area contributed by atoms with Gasteiger partial charge >= 0.3 is 0 Å². The summed E-state index contributed by atoms with van der Waals surface area (Å²) in [6, 6.07) is 4.56. The fraction of sp³-hybridized carbons (Fsp3) is 0.383. The Kier molecular flexibility index (Phi) is 27.7. The average molecular weight is 1610 g/mol. The van der Waals surface area contributed by atoms with E-state index in [9.17, 15) is 45.6 Å². The van der Waals surface area contributed by atoms with Gasteiger partial charge in [0.25, 0.3) is 0 Å². The van der Waals surface area contributed by atoms with Gasteiger partial charge in [0, 0.05) is 30.3 Å². The number of benzene rings is 7. The highest BCUT2D eigenvalue weighted by Crippen LogP contribution is 2.51. The van der Waals surface area contributed by atoms with E-state index in [1.165, 1.54) is 55.3 Å². The number of rotatable bonds is 23. The van der Waals surface area contributed by atoms with Crippen molar-refractivity contribution in [3.63, 3.8) is 0 Å². The second-order valence-corrected chi connectivity index (χ2v) is 29.7. The molecule has 31 nitrogen and oxygen atoms in total. The van der Waals surface area contributed by atoms with Gasteiger partial charge in [-0.15, -0.1) is 0 Å². The van der Waals surface area contributed by atoms with E-state index in [0.29, 0.717) is 45.3 Å². The third-order valence-electron chi connectivity index (χ3n) is 20.3. The van der Waals surface area contributed by atoms with Gasteiger partial charge in [-0.25, -0.2) is 0 Å². The zero-order valence-corrected chi connectivity index (χ0v) is 64.3. The zero-order chi connectivity index (χ0) is 81.8. The van der Waals surface area contributed by atoms with Gasteiger partial charge in [-0.05, 0) is 171 Å². The van der Waals surface area contributed by atoms with Gasteiger partial charge in [-0.3, -0.25) is 38.4 Å². The molecule has 0 radical (unpaired) electrons. The van der Waals surface area contributed by atoms with Crippen LogP contribution in [0.3, 0.4) is 0 Å². The molecule has 0 fully saturated rings. The number of fused-ring (bicyclic) bond motifs is 13. The highest BCUT2D eigenvalue weighted by Gasteiger charge is 2.44. The lowest BCUT2D eigenvalue weighted by Crippen LogP contribution is -2.56. The average Bonchev–Trinajstić information content (AvgIpc) is 1.44. The van der Waals surface area contributed by atoms with Crippen LogP contribution < -0.4 is 73.5 Å². The lowest BCUT2D eigenvalue weighted by Gasteiger charge is -2.31. The van der Waals surface area contributed by atoms with Gasteiger partial charge in [0.2, 0.25) is 53.0 Å². The van der Waals surface area contributed by atoms with Crippen molar-refractivity contribution < 1.29 is 93.4 Å². The molecule has 0 saturated carbocycles. The van der Waals surface area contributed by atoms with E-state index in [-0.39, 0.29) is 80.2 Å². The van der Waals surface area contributed by atoms with E-state index in [1.54, 1.807) is 0 Å². The van der Waals surface area contributed by atoms with Crippen molar-refractivity contribution in [2.24, 2.45) is 11.5 Å². The largest absolute Gasteiger partial charge is 0.508 e. The van der Waals surface area contributed by atoms with Crippen LogP contribution in [0, 0.1) is 0 Å². The van der Waals surface area contributed by atoms with Crippen LogP contribution in [0.1, 0.15) is 177 Å². The Bertz CT molecular complexity index is 4780. The molecular formula is C81H94Cl2N12O19. The number of carbonyl (C=O) groups excluding carboxylic acids is 8. The second-order valence-electron chi connectivity index (χ2n) is 28.9. The van der Waals surface area contributed by atoms with Gasteiger partial charge in [-0.2, -0.15) is 0 Å². The molecule has 6 aliphatic heterocycles. The molecule has 0 saturated heterocycles. The molecule has 6 heterocycles. The van der Waals surface area contributed by atoms with Crippen LogP contribution in [0.15, 0.2) is 109 Å². The van der Waals surface area contributed by atoms with Crippen LogP contribution in [0.25, 0.3) is 11.1 Å². The molecule has 33 heteroatoms. The first-order valence-electron chi connectivity index (χ1n) is 37.8. The summed E-state index contributed by atoms with van der Waals surface area (Å²) in [6.07, 6.45) is 6.40. The summed E-state index contributed by atoms with van der Waals surface area (Å²) in [4.78, 5) is 126. The first kappa shape index (κ1) is 83.8. The Morgan fingerprint density at radius 3 is 1.71 bits per heavy atom. The lowest BCUT2D eigenvalue weighted by molar-refractivity contribution is -0.137. The Morgan fingerprint density at radius 2 is 1.09 bits per heavy atom. The first-order chi connectivity index (χ1) is 54.6. The number of phenols is 6. The number of aliphatic hydroxyl groups excluding tert-OH is 2. The summed E-state index contributed by atoms with van der Waals surface area (Å²) >= 11 is 14.0. The number of nitrogens with one attached hydrogen (secondary N) is 9. The summed E-state index contributed by atoms with van der Waals surface area (Å²) in [5.74, 6) is -16.4. The van der Waals surface area contributed by atoms with Crippen LogP contribution in [0.4, 0.5) is 0 Å². The number of aromatic hydroxyl groups is 6. The molecule has 7 aromatic rings. The maximum atomic E-state index is 16.5. The van der Waals surface area contributed by atoms with Crippen molar-refractivity contribution in [1.29, 1.82) is 0 Å². The number of ether oxygens (including phenoxy) is 3. The number of hydrogen-bond acceptors (Lipinski definition) is 23. The third kappa shape index (κ3) is 19.5. The number of phenolic OH excluding ortho intramolecular Hbond substituents is 6. The number of hydrogen-bond donors (Lipinski definition) is 19. The number of nitrogens with zero attached hydrogens (tertiary/aromatic N) is 1. The fourth-order valence-corrected chi connectivity index (χ4v) is 14.6. The maximum Gasteiger partial charge on any atom is 0.248 e. The molecule has 114 heavy (non-hydrogen) atoms. The standard InChI is InChI=1S/C81H94Cl2N12O19/c1-4-5-6-7-8-9-10-11-14-27-86-39-49-55(99)38-48-62(72(49)102)61-47(17-15-19-54(61)98)66-79(109)94-69(81(111)92-67(48)75(105)87-28-16-29-95(2)3)71(101)42-22-25-57(51(83)33-42)114-60-36-44-35-59(73(60)103)113-56-24-21-41(32-50(56)82)70(100)68-80(110)90-64(77(107)89-65(44)78(108)91-66)43-30-45(96)37-46(31-43)112-58-34-40(20-23-53(58)97)63(76(106)93-68)88-74(104)52(85)18-12-13-26-84/h15,17,19-25,30-38,52,63-71,86,96-103H,4-14,16,18,26-29,39,84-85H2,1-3H3,(H,87,105)(H,88,104)(H,89,107)(H,90,110)(H,91,108)(H,92,111)(H,93,106)(H,94,109). The number of aliphatic hydroxyl groups is 2. The van der Waals surface area contributed by atoms with Gasteiger partial charge in [0.15, 0.2) is 23.0 Å². The van der Waals surface area contributed by atoms with E-state index in [1.807, 2.05) is 19.0 Å². The molecule has 606 valence electrons. The number of amides is 8. The fourth-order valence-electron chi connectivity index (χ4n) is 14.1. The molecule has 10 unspecified atom stereocenters. The quantitative estimate of drug-likeness (QED) is 0.0273. The van der Waals surface area contributed by atoms with E-state index in [0.717, 1.165) is 105 Å². The zero-order valence-electron chi connectivity index (χ0n) is 62.8. The molecule has 10 atom stereocenters. The highest BCUT2D eigenvalue weighted by molar-refractivity contribution is 6.32. The second kappa shape index (κ2) is 37.7. The Balaban J connectivity index is 1.10. The number of halogens is 2. The molecule has 13 rings (SSSR count). The Labute approximate surface area is 666 Å². The van der Waals surface area contributed by atoms with Gasteiger partial charge in [0.05, 0.1) is 21.7 Å². The minimum atomic E-state index is -2.32. The molecule has 6 aliphatic rings. The third-order valence-corrected chi connectivity index (χ3v) is 20.9. The highest BCUT2D eigenvalue weighted by atomic mass is 35.5. The molecular weight excluding hydrogens is 1520 g/mol. The van der Waals surface area contributed by atoms with Gasteiger partial charge < -0.3 is 119 Å². The summed E-state index contributed by atoms with van der Waals surface area (Å²) in [6.45, 7) is 3.12. The van der Waals surface area contributed by atoms with Crippen molar-refractivity contribution >= 4 is 70.5 Å². The summed E-state index contributed by atoms with van der Waals surface area (Å²) < 4.78 is 18.9. The number of nitrogens with two attached hydrogens (primary N) is 2. The van der Waals surface area contributed by atoms with Crippen molar-refractivity contribution in [3.8, 4) is 80.1 Å². The van der Waals surface area contributed by atoms with Gasteiger partial charge in [-0.1, -0.05) is 118 Å². The molecule has 0 aromatic heterocycles. The van der Waals surface area contributed by atoms with Crippen molar-refractivity contribution in [2.45, 2.75) is 157 Å². The Morgan fingerprint density at radius 1 is 0.518 bits per heavy atom. The van der Waals surface area contributed by atoms with E-state index >= 15 is 33.6 Å². The van der Waals surface area contributed by atoms with Crippen molar-refractivity contribution in [2.75, 3.05) is 40.3 Å². The number of carbonyl (C=O) groups is 8. The van der Waals surface area contributed by atoms with Crippen LogP contribution in [0.2, 0.25) is 10.0 Å². The smallest absolute Gasteiger partial charge is 0.248 e. The predicted octanol–water partition coefficient (Wildman–Crippen LogP) is 7.69. The monoisotopic (exact) mass is 1610 g/mol. The van der Waals surface area contributed by atoms with Crippen LogP contribution in [-0.4, -0.2) is 151 Å². The summed E-state index contributed by atoms with van der Waals surface area (Å²) in [5.41, 5.74) is 8.98. The lowest BCUT2D eigenvalue weighted by atomic mass is 9.85. The summed E-state index contributed by atoms with van der Waals surface area (Å²) in [5, 5.41) is 122.